The molecule has 0 rings (SSSR count). The first-order valence-electron chi connectivity index (χ1n) is 6.38. The van der Waals surface area contributed by atoms with Crippen LogP contribution in [0.15, 0.2) is 0 Å². The van der Waals surface area contributed by atoms with Gasteiger partial charge in [0.25, 0.3) is 0 Å². The number of nitrogens with two attached hydrogens (primary N) is 1. The van der Waals surface area contributed by atoms with Gasteiger partial charge in [0, 0.05) is 12.6 Å². The Bertz CT molecular complexity index is 214. The van der Waals surface area contributed by atoms with Gasteiger partial charge in [-0.15, -0.1) is 0 Å². The molecule has 1 amide bonds. The van der Waals surface area contributed by atoms with Crippen LogP contribution in [0, 0.1) is 11.3 Å². The average Bonchev–Trinajstić information content (AvgIpc) is 2.18. The minimum Gasteiger partial charge on any atom is -0.369 e. The van der Waals surface area contributed by atoms with Crippen LogP contribution in [0.25, 0.3) is 0 Å². The normalized spacial score (nSPS) is 15.8. The minimum atomic E-state index is -0.459. The molecule has 2 unspecified atom stereocenters. The van der Waals surface area contributed by atoms with Gasteiger partial charge in [-0.2, -0.15) is 0 Å². The molecule has 0 saturated heterocycles. The first-order valence-corrected chi connectivity index (χ1v) is 6.38. The van der Waals surface area contributed by atoms with E-state index in [1.165, 1.54) is 12.8 Å². The number of carbonyl (C=O) groups is 1. The zero-order valence-electron chi connectivity index (χ0n) is 11.5. The second kappa shape index (κ2) is 6.89. The lowest BCUT2D eigenvalue weighted by atomic mass is 9.90. The van der Waals surface area contributed by atoms with E-state index in [9.17, 15) is 4.79 Å². The molecular weight excluding hydrogens is 200 g/mol. The van der Waals surface area contributed by atoms with Crippen LogP contribution in [0.3, 0.4) is 0 Å². The molecule has 0 aliphatic heterocycles. The molecule has 0 spiro atoms. The molecule has 0 bridgehead atoms. The van der Waals surface area contributed by atoms with Gasteiger partial charge >= 0.3 is 0 Å². The molecule has 0 fully saturated rings. The first kappa shape index (κ1) is 15.4. The summed E-state index contributed by atoms with van der Waals surface area (Å²) in [5, 5.41) is 3.47. The smallest absolute Gasteiger partial charge is 0.224 e. The summed E-state index contributed by atoms with van der Waals surface area (Å²) in [5.41, 5.74) is 4.89. The molecule has 0 aromatic heterocycles. The molecule has 0 aromatic carbocycles. The average molecular weight is 228 g/mol. The highest BCUT2D eigenvalue weighted by Gasteiger charge is 2.26. The van der Waals surface area contributed by atoms with Crippen molar-refractivity contribution in [2.24, 2.45) is 17.1 Å². The third-order valence-electron chi connectivity index (χ3n) is 3.34. The van der Waals surface area contributed by atoms with Crippen molar-refractivity contribution in [3.05, 3.63) is 0 Å². The van der Waals surface area contributed by atoms with Gasteiger partial charge in [-0.25, -0.2) is 0 Å². The van der Waals surface area contributed by atoms with Crippen molar-refractivity contribution < 1.29 is 4.79 Å². The zero-order valence-corrected chi connectivity index (χ0v) is 11.5. The number of amides is 1. The van der Waals surface area contributed by atoms with Gasteiger partial charge in [-0.05, 0) is 32.6 Å². The van der Waals surface area contributed by atoms with Crippen molar-refractivity contribution in [1.82, 2.24) is 5.32 Å². The molecule has 0 saturated carbocycles. The summed E-state index contributed by atoms with van der Waals surface area (Å²) in [6.07, 6.45) is 3.52. The second-order valence-electron chi connectivity index (χ2n) is 5.41. The number of rotatable bonds is 8. The monoisotopic (exact) mass is 228 g/mol. The van der Waals surface area contributed by atoms with E-state index in [2.05, 4.69) is 26.1 Å². The predicted octanol–water partition coefficient (Wildman–Crippen LogP) is 2.30. The van der Waals surface area contributed by atoms with Gasteiger partial charge < -0.3 is 11.1 Å². The van der Waals surface area contributed by atoms with Gasteiger partial charge in [0.05, 0.1) is 5.41 Å². The van der Waals surface area contributed by atoms with Crippen LogP contribution in [-0.2, 0) is 4.79 Å². The van der Waals surface area contributed by atoms with E-state index in [-0.39, 0.29) is 5.91 Å². The van der Waals surface area contributed by atoms with Gasteiger partial charge in [0.15, 0.2) is 0 Å². The van der Waals surface area contributed by atoms with Crippen molar-refractivity contribution in [3.8, 4) is 0 Å². The van der Waals surface area contributed by atoms with E-state index in [1.54, 1.807) is 0 Å². The molecular formula is C13H28N2O. The lowest BCUT2D eigenvalue weighted by Crippen LogP contribution is -2.45. The maximum atomic E-state index is 11.2. The summed E-state index contributed by atoms with van der Waals surface area (Å²) in [4.78, 5) is 11.2. The Balaban J connectivity index is 4.19. The van der Waals surface area contributed by atoms with Crippen LogP contribution in [0.4, 0.5) is 0 Å². The fraction of sp³-hybridized carbons (Fsp3) is 0.923. The highest BCUT2D eigenvalue weighted by atomic mass is 16.1. The Morgan fingerprint density at radius 3 is 2.31 bits per heavy atom. The molecule has 0 radical (unpaired) electrons. The van der Waals surface area contributed by atoms with Crippen molar-refractivity contribution in [2.45, 2.75) is 59.9 Å². The quantitative estimate of drug-likeness (QED) is 0.670. The lowest BCUT2D eigenvalue weighted by molar-refractivity contribution is -0.125. The zero-order chi connectivity index (χ0) is 12.8. The van der Waals surface area contributed by atoms with Crippen molar-refractivity contribution in [1.29, 1.82) is 0 Å². The van der Waals surface area contributed by atoms with E-state index in [0.29, 0.717) is 18.5 Å². The number of carbonyl (C=O) groups excluding carboxylic acids is 1. The number of hydrogen-bond acceptors (Lipinski definition) is 2. The molecule has 0 aliphatic carbocycles. The maximum Gasteiger partial charge on any atom is 0.224 e. The molecule has 96 valence electrons. The van der Waals surface area contributed by atoms with Crippen LogP contribution in [0.5, 0.6) is 0 Å². The highest BCUT2D eigenvalue weighted by molar-refractivity contribution is 5.80. The maximum absolute atomic E-state index is 11.2. The Morgan fingerprint density at radius 1 is 1.38 bits per heavy atom. The SMILES string of the molecule is CCCC(C)C(CC)NCC(C)(C)C(N)=O. The second-order valence-corrected chi connectivity index (χ2v) is 5.41. The fourth-order valence-corrected chi connectivity index (χ4v) is 1.88. The molecule has 16 heavy (non-hydrogen) atoms. The Labute approximate surface area is 100 Å². The summed E-state index contributed by atoms with van der Waals surface area (Å²) >= 11 is 0. The molecule has 2 atom stereocenters. The van der Waals surface area contributed by atoms with Crippen LogP contribution in [0.1, 0.15) is 53.9 Å². The summed E-state index contributed by atoms with van der Waals surface area (Å²) < 4.78 is 0. The van der Waals surface area contributed by atoms with Crippen molar-refractivity contribution in [2.75, 3.05) is 6.54 Å². The van der Waals surface area contributed by atoms with Crippen LogP contribution in [-0.4, -0.2) is 18.5 Å². The number of primary amides is 1. The molecule has 3 nitrogen and oxygen atoms in total. The first-order chi connectivity index (χ1) is 7.35. The summed E-state index contributed by atoms with van der Waals surface area (Å²) in [6.45, 7) is 11.1. The van der Waals surface area contributed by atoms with Crippen molar-refractivity contribution >= 4 is 5.91 Å². The number of hydrogen-bond donors (Lipinski definition) is 2. The molecule has 0 aromatic rings. The minimum absolute atomic E-state index is 0.238. The summed E-state index contributed by atoms with van der Waals surface area (Å²) in [5.74, 6) is 0.414. The summed E-state index contributed by atoms with van der Waals surface area (Å²) in [7, 11) is 0. The van der Waals surface area contributed by atoms with E-state index >= 15 is 0 Å². The van der Waals surface area contributed by atoms with E-state index in [0.717, 1.165) is 6.42 Å². The third-order valence-corrected chi connectivity index (χ3v) is 3.34. The summed E-state index contributed by atoms with van der Waals surface area (Å²) in [6, 6.07) is 0.485. The third kappa shape index (κ3) is 4.97. The fourth-order valence-electron chi connectivity index (χ4n) is 1.88. The Morgan fingerprint density at radius 2 is 1.94 bits per heavy atom. The van der Waals surface area contributed by atoms with Crippen LogP contribution in [0.2, 0.25) is 0 Å². The van der Waals surface area contributed by atoms with E-state index in [1.807, 2.05) is 13.8 Å². The predicted molar refractivity (Wildman–Crippen MR) is 69.1 cm³/mol. The Hall–Kier alpha value is -0.570. The molecule has 3 heteroatoms. The van der Waals surface area contributed by atoms with Gasteiger partial charge in [-0.3, -0.25) is 4.79 Å². The molecule has 0 aliphatic rings. The standard InChI is InChI=1S/C13H28N2O/c1-6-8-10(3)11(7-2)15-9-13(4,5)12(14)16/h10-11,15H,6-9H2,1-5H3,(H2,14,16). The van der Waals surface area contributed by atoms with E-state index < -0.39 is 5.41 Å². The topological polar surface area (TPSA) is 55.1 Å². The van der Waals surface area contributed by atoms with Crippen LogP contribution < -0.4 is 11.1 Å². The number of nitrogens with one attached hydrogen (secondary N) is 1. The molecule has 0 heterocycles. The Kier molecular flexibility index (Phi) is 6.65. The molecule has 3 N–H and O–H groups in total. The highest BCUT2D eigenvalue weighted by Crippen LogP contribution is 2.17. The van der Waals surface area contributed by atoms with Crippen molar-refractivity contribution in [3.63, 3.8) is 0 Å². The van der Waals surface area contributed by atoms with Crippen LogP contribution >= 0.6 is 0 Å². The van der Waals surface area contributed by atoms with Gasteiger partial charge in [0.1, 0.15) is 0 Å². The van der Waals surface area contributed by atoms with Gasteiger partial charge in [0.2, 0.25) is 5.91 Å². The van der Waals surface area contributed by atoms with E-state index in [4.69, 9.17) is 5.73 Å². The van der Waals surface area contributed by atoms with Gasteiger partial charge in [-0.1, -0.05) is 27.2 Å². The lowest BCUT2D eigenvalue weighted by Gasteiger charge is -2.28. The largest absolute Gasteiger partial charge is 0.369 e.